The number of benzene rings is 1. The van der Waals surface area contributed by atoms with Crippen molar-refractivity contribution in [3.05, 3.63) is 71.1 Å². The number of hydrogen-bond donors (Lipinski definition) is 3. The van der Waals surface area contributed by atoms with E-state index in [0.29, 0.717) is 29.3 Å². The van der Waals surface area contributed by atoms with E-state index in [1.54, 1.807) is 12.3 Å². The zero-order valence-electron chi connectivity index (χ0n) is 17.5. The lowest BCUT2D eigenvalue weighted by Crippen LogP contribution is -2.39. The minimum absolute atomic E-state index is 0.251. The maximum atomic E-state index is 13.4. The Kier molecular flexibility index (Phi) is 6.68. The molecule has 1 aromatic carbocycles. The molecule has 2 unspecified atom stereocenters. The Morgan fingerprint density at radius 1 is 1.13 bits per heavy atom. The third-order valence-electron chi connectivity index (χ3n) is 5.83. The normalized spacial score (nSPS) is 21.0. The van der Waals surface area contributed by atoms with Gasteiger partial charge in [0.1, 0.15) is 17.5 Å². The molecule has 0 amide bonds. The van der Waals surface area contributed by atoms with Crippen LogP contribution >= 0.6 is 11.6 Å². The van der Waals surface area contributed by atoms with Gasteiger partial charge < -0.3 is 16.4 Å². The number of pyridine rings is 2. The molecule has 1 aliphatic rings. The second kappa shape index (κ2) is 9.62. The van der Waals surface area contributed by atoms with Crippen molar-refractivity contribution >= 4 is 23.2 Å². The van der Waals surface area contributed by atoms with Gasteiger partial charge in [0.05, 0.1) is 10.7 Å². The summed E-state index contributed by atoms with van der Waals surface area (Å²) in [6.45, 7) is 2.68. The Labute approximate surface area is 187 Å². The van der Waals surface area contributed by atoms with Crippen molar-refractivity contribution in [2.24, 2.45) is 11.7 Å². The molecule has 1 saturated carbocycles. The molecule has 3 atom stereocenters. The van der Waals surface area contributed by atoms with Gasteiger partial charge in [-0.25, -0.2) is 14.4 Å². The number of nitrogens with two attached hydrogens (primary N) is 1. The molecule has 0 saturated heterocycles. The molecule has 31 heavy (non-hydrogen) atoms. The van der Waals surface area contributed by atoms with Crippen molar-refractivity contribution in [3.63, 3.8) is 0 Å². The summed E-state index contributed by atoms with van der Waals surface area (Å²) in [4.78, 5) is 9.15. The number of nitrogens with one attached hydrogen (secondary N) is 2. The first-order chi connectivity index (χ1) is 15.0. The molecular formula is C24H27ClFN5. The van der Waals surface area contributed by atoms with Gasteiger partial charge in [-0.3, -0.25) is 0 Å². The average molecular weight is 440 g/mol. The summed E-state index contributed by atoms with van der Waals surface area (Å²) < 4.78 is 13.4. The Morgan fingerprint density at radius 3 is 2.77 bits per heavy atom. The van der Waals surface area contributed by atoms with Gasteiger partial charge in [0.15, 0.2) is 0 Å². The van der Waals surface area contributed by atoms with Crippen LogP contribution in [0.2, 0.25) is 5.02 Å². The monoisotopic (exact) mass is 439 g/mol. The van der Waals surface area contributed by atoms with Crippen molar-refractivity contribution in [3.8, 4) is 11.3 Å². The van der Waals surface area contributed by atoms with Crippen molar-refractivity contribution < 1.29 is 4.39 Å². The summed E-state index contributed by atoms with van der Waals surface area (Å²) in [5.41, 5.74) is 8.56. The molecule has 1 fully saturated rings. The topological polar surface area (TPSA) is 75.9 Å². The standard InChI is InChI=1S/C24H27ClFN5/c1-15-10-18(8-9-21(15)27)30-24-12-19(20(25)14-29-24)22-6-3-7-23(31-22)28-13-16-4-2-5-17(26)11-16/h2-7,11-12,14-15,18,21H,8-10,13,27H2,1H3,(H,28,31)(H,29,30)/t15?,18?,21-/m0/s1. The molecule has 7 heteroatoms. The number of anilines is 2. The minimum atomic E-state index is -0.251. The van der Waals surface area contributed by atoms with E-state index in [4.69, 9.17) is 17.3 Å². The fraction of sp³-hybridized carbons (Fsp3) is 0.333. The zero-order valence-corrected chi connectivity index (χ0v) is 18.2. The molecule has 0 aliphatic heterocycles. The molecule has 5 nitrogen and oxygen atoms in total. The second-order valence-electron chi connectivity index (χ2n) is 8.24. The van der Waals surface area contributed by atoms with Crippen LogP contribution in [-0.4, -0.2) is 22.1 Å². The van der Waals surface area contributed by atoms with E-state index >= 15 is 0 Å². The smallest absolute Gasteiger partial charge is 0.126 e. The highest BCUT2D eigenvalue weighted by atomic mass is 35.5. The first-order valence-electron chi connectivity index (χ1n) is 10.6. The van der Waals surface area contributed by atoms with E-state index in [0.717, 1.165) is 41.9 Å². The van der Waals surface area contributed by atoms with E-state index < -0.39 is 0 Å². The first-order valence-corrected chi connectivity index (χ1v) is 11.0. The summed E-state index contributed by atoms with van der Waals surface area (Å²) >= 11 is 6.45. The summed E-state index contributed by atoms with van der Waals surface area (Å²) in [5, 5.41) is 7.32. The van der Waals surface area contributed by atoms with Gasteiger partial charge in [-0.1, -0.05) is 36.7 Å². The average Bonchev–Trinajstić information content (AvgIpc) is 2.76. The third kappa shape index (κ3) is 5.51. The van der Waals surface area contributed by atoms with E-state index in [1.165, 1.54) is 12.1 Å². The van der Waals surface area contributed by atoms with Crippen LogP contribution in [0.1, 0.15) is 31.7 Å². The zero-order chi connectivity index (χ0) is 21.8. The van der Waals surface area contributed by atoms with Crippen LogP contribution in [0.5, 0.6) is 0 Å². The molecular weight excluding hydrogens is 413 g/mol. The van der Waals surface area contributed by atoms with E-state index in [9.17, 15) is 4.39 Å². The number of aromatic nitrogens is 2. The number of rotatable bonds is 6. The van der Waals surface area contributed by atoms with Gasteiger partial charge >= 0.3 is 0 Å². The van der Waals surface area contributed by atoms with Crippen LogP contribution in [0.4, 0.5) is 16.0 Å². The molecule has 2 aromatic heterocycles. The second-order valence-corrected chi connectivity index (χ2v) is 8.64. The van der Waals surface area contributed by atoms with Crippen LogP contribution in [0, 0.1) is 11.7 Å². The van der Waals surface area contributed by atoms with Crippen LogP contribution in [-0.2, 0) is 6.54 Å². The highest BCUT2D eigenvalue weighted by Gasteiger charge is 2.25. The molecule has 3 aromatic rings. The van der Waals surface area contributed by atoms with Crippen molar-refractivity contribution in [1.29, 1.82) is 0 Å². The maximum Gasteiger partial charge on any atom is 0.126 e. The van der Waals surface area contributed by atoms with Crippen molar-refractivity contribution in [2.45, 2.75) is 44.8 Å². The predicted octanol–water partition coefficient (Wildman–Crippen LogP) is 5.48. The molecule has 0 spiro atoms. The lowest BCUT2D eigenvalue weighted by Gasteiger charge is -2.32. The van der Waals surface area contributed by atoms with Gasteiger partial charge in [0.2, 0.25) is 0 Å². The lowest BCUT2D eigenvalue weighted by molar-refractivity contribution is 0.310. The largest absolute Gasteiger partial charge is 0.367 e. The number of hydrogen-bond acceptors (Lipinski definition) is 5. The number of halogens is 2. The Balaban J connectivity index is 1.48. The summed E-state index contributed by atoms with van der Waals surface area (Å²) in [7, 11) is 0. The van der Waals surface area contributed by atoms with Crippen LogP contribution in [0.3, 0.4) is 0 Å². The molecule has 162 valence electrons. The highest BCUT2D eigenvalue weighted by molar-refractivity contribution is 6.33. The van der Waals surface area contributed by atoms with Gasteiger partial charge in [0.25, 0.3) is 0 Å². The summed E-state index contributed by atoms with van der Waals surface area (Å²) in [6, 6.07) is 14.8. The van der Waals surface area contributed by atoms with E-state index in [-0.39, 0.29) is 11.9 Å². The van der Waals surface area contributed by atoms with Crippen molar-refractivity contribution in [1.82, 2.24) is 9.97 Å². The Morgan fingerprint density at radius 2 is 1.97 bits per heavy atom. The predicted molar refractivity (Wildman–Crippen MR) is 125 cm³/mol. The van der Waals surface area contributed by atoms with Crippen LogP contribution in [0.25, 0.3) is 11.3 Å². The van der Waals surface area contributed by atoms with E-state index in [2.05, 4.69) is 27.5 Å². The summed E-state index contributed by atoms with van der Waals surface area (Å²) in [5.74, 6) is 1.71. The third-order valence-corrected chi connectivity index (χ3v) is 6.13. The number of nitrogens with zero attached hydrogens (tertiary/aromatic N) is 2. The van der Waals surface area contributed by atoms with Gasteiger partial charge in [-0.05, 0) is 61.1 Å². The molecule has 0 radical (unpaired) electrons. The Hall–Kier alpha value is -2.70. The quantitative estimate of drug-likeness (QED) is 0.474. The Bertz CT molecular complexity index is 1040. The summed E-state index contributed by atoms with van der Waals surface area (Å²) in [6.07, 6.45) is 4.73. The molecule has 4 rings (SSSR count). The SMILES string of the molecule is CC1CC(Nc2cc(-c3cccc(NCc4cccc(F)c4)n3)c(Cl)cn2)CC[C@@H]1N. The fourth-order valence-corrected chi connectivity index (χ4v) is 4.20. The maximum absolute atomic E-state index is 13.4. The minimum Gasteiger partial charge on any atom is -0.367 e. The van der Waals surface area contributed by atoms with Gasteiger partial charge in [0, 0.05) is 30.4 Å². The van der Waals surface area contributed by atoms with Crippen LogP contribution < -0.4 is 16.4 Å². The van der Waals surface area contributed by atoms with Gasteiger partial charge in [-0.2, -0.15) is 0 Å². The lowest BCUT2D eigenvalue weighted by atomic mass is 9.83. The molecule has 0 bridgehead atoms. The molecule has 2 heterocycles. The molecule has 4 N–H and O–H groups in total. The molecule has 1 aliphatic carbocycles. The van der Waals surface area contributed by atoms with Gasteiger partial charge in [-0.15, -0.1) is 0 Å². The van der Waals surface area contributed by atoms with E-state index in [1.807, 2.05) is 30.3 Å². The van der Waals surface area contributed by atoms with Crippen molar-refractivity contribution in [2.75, 3.05) is 10.6 Å². The highest BCUT2D eigenvalue weighted by Crippen LogP contribution is 2.31. The fourth-order valence-electron chi connectivity index (χ4n) is 4.00. The first kappa shape index (κ1) is 21.5. The van der Waals surface area contributed by atoms with Crippen LogP contribution in [0.15, 0.2) is 54.7 Å².